The zero-order valence-corrected chi connectivity index (χ0v) is 12.4. The first-order valence-electron chi connectivity index (χ1n) is 7.19. The summed E-state index contributed by atoms with van der Waals surface area (Å²) in [6.07, 6.45) is 2.52. The van der Waals surface area contributed by atoms with Crippen LogP contribution in [-0.2, 0) is 4.74 Å². The Kier molecular flexibility index (Phi) is 4.04. The van der Waals surface area contributed by atoms with E-state index in [1.807, 2.05) is 13.0 Å². The number of ether oxygens (including phenoxy) is 1. The van der Waals surface area contributed by atoms with E-state index in [1.165, 1.54) is 0 Å². The van der Waals surface area contributed by atoms with E-state index in [1.54, 1.807) is 12.1 Å². The van der Waals surface area contributed by atoms with Crippen molar-refractivity contribution in [2.75, 3.05) is 11.9 Å². The number of phenolic OH excluding ortho intramolecular Hbond substituents is 1. The minimum atomic E-state index is 0.195. The van der Waals surface area contributed by atoms with Crippen LogP contribution in [0.3, 0.4) is 0 Å². The van der Waals surface area contributed by atoms with E-state index in [9.17, 15) is 5.11 Å². The highest BCUT2D eigenvalue weighted by Gasteiger charge is 2.51. The molecule has 0 spiro atoms. The third-order valence-electron chi connectivity index (χ3n) is 4.65. The summed E-state index contributed by atoms with van der Waals surface area (Å²) < 4.78 is 5.82. The van der Waals surface area contributed by atoms with Crippen molar-refractivity contribution in [1.82, 2.24) is 0 Å². The molecule has 0 saturated heterocycles. The zero-order chi connectivity index (χ0) is 14.0. The molecule has 1 aliphatic carbocycles. The van der Waals surface area contributed by atoms with Crippen molar-refractivity contribution >= 4 is 5.69 Å². The average Bonchev–Trinajstić information content (AvgIpc) is 2.39. The lowest BCUT2D eigenvalue weighted by Gasteiger charge is -2.54. The monoisotopic (exact) mass is 263 g/mol. The Morgan fingerprint density at radius 2 is 2.16 bits per heavy atom. The van der Waals surface area contributed by atoms with Gasteiger partial charge in [-0.3, -0.25) is 0 Å². The highest BCUT2D eigenvalue weighted by atomic mass is 16.5. The molecular formula is C16H25NO2. The second-order valence-electron chi connectivity index (χ2n) is 5.74. The summed E-state index contributed by atoms with van der Waals surface area (Å²) in [5, 5.41) is 13.1. The molecule has 3 unspecified atom stereocenters. The minimum absolute atomic E-state index is 0.195. The van der Waals surface area contributed by atoms with Gasteiger partial charge < -0.3 is 15.2 Å². The minimum Gasteiger partial charge on any atom is -0.508 e. The zero-order valence-electron chi connectivity index (χ0n) is 12.4. The highest BCUT2D eigenvalue weighted by molar-refractivity contribution is 5.54. The second kappa shape index (κ2) is 5.41. The molecule has 1 aliphatic rings. The van der Waals surface area contributed by atoms with Crippen molar-refractivity contribution in [3.05, 3.63) is 23.8 Å². The van der Waals surface area contributed by atoms with Crippen LogP contribution in [0.25, 0.3) is 0 Å². The van der Waals surface area contributed by atoms with E-state index in [2.05, 4.69) is 26.1 Å². The fourth-order valence-corrected chi connectivity index (χ4v) is 2.97. The van der Waals surface area contributed by atoms with Crippen LogP contribution in [0.15, 0.2) is 18.2 Å². The second-order valence-corrected chi connectivity index (χ2v) is 5.74. The maximum atomic E-state index is 9.46. The molecule has 2 rings (SSSR count). The van der Waals surface area contributed by atoms with Gasteiger partial charge in [-0.25, -0.2) is 0 Å². The van der Waals surface area contributed by atoms with Gasteiger partial charge >= 0.3 is 0 Å². The molecule has 1 aromatic carbocycles. The molecule has 0 amide bonds. The number of phenols is 1. The Hall–Kier alpha value is -1.22. The predicted molar refractivity (Wildman–Crippen MR) is 78.7 cm³/mol. The molecule has 0 aliphatic heterocycles. The van der Waals surface area contributed by atoms with E-state index in [-0.39, 0.29) is 5.41 Å². The number of aryl methyl sites for hydroxylation is 1. The van der Waals surface area contributed by atoms with Crippen LogP contribution in [0.2, 0.25) is 0 Å². The molecule has 0 heterocycles. The molecular weight excluding hydrogens is 238 g/mol. The maximum Gasteiger partial charge on any atom is 0.115 e. The van der Waals surface area contributed by atoms with Gasteiger partial charge in [-0.05, 0) is 50.5 Å². The number of aromatic hydroxyl groups is 1. The van der Waals surface area contributed by atoms with Crippen molar-refractivity contribution in [3.8, 4) is 5.75 Å². The summed E-state index contributed by atoms with van der Waals surface area (Å²) in [5.74, 6) is 0.321. The van der Waals surface area contributed by atoms with Gasteiger partial charge in [-0.2, -0.15) is 0 Å². The third kappa shape index (κ3) is 2.57. The fourth-order valence-electron chi connectivity index (χ4n) is 2.97. The Labute approximate surface area is 116 Å². The van der Waals surface area contributed by atoms with Gasteiger partial charge in [0.05, 0.1) is 6.10 Å². The van der Waals surface area contributed by atoms with Gasteiger partial charge in [0, 0.05) is 23.8 Å². The fraction of sp³-hybridized carbons (Fsp3) is 0.625. The van der Waals surface area contributed by atoms with Gasteiger partial charge in [0.1, 0.15) is 5.75 Å². The van der Waals surface area contributed by atoms with Gasteiger partial charge in [-0.1, -0.05) is 13.8 Å². The molecule has 1 saturated carbocycles. The van der Waals surface area contributed by atoms with Gasteiger partial charge in [0.2, 0.25) is 0 Å². The molecule has 3 atom stereocenters. The Morgan fingerprint density at radius 1 is 1.42 bits per heavy atom. The lowest BCUT2D eigenvalue weighted by Crippen LogP contribution is -2.59. The SMILES string of the molecule is CCOC1CC(Nc2ccc(O)cc2C)C1(C)CC. The molecule has 2 N–H and O–H groups in total. The molecule has 1 aromatic rings. The van der Waals surface area contributed by atoms with E-state index in [0.717, 1.165) is 30.7 Å². The van der Waals surface area contributed by atoms with E-state index < -0.39 is 0 Å². The first kappa shape index (κ1) is 14.2. The summed E-state index contributed by atoms with van der Waals surface area (Å²) in [4.78, 5) is 0. The molecule has 1 fully saturated rings. The van der Waals surface area contributed by atoms with E-state index in [4.69, 9.17) is 4.74 Å². The lowest BCUT2D eigenvalue weighted by atomic mass is 9.61. The quantitative estimate of drug-likeness (QED) is 0.796. The third-order valence-corrected chi connectivity index (χ3v) is 4.65. The van der Waals surface area contributed by atoms with Crippen molar-refractivity contribution in [2.45, 2.75) is 52.7 Å². The number of nitrogens with one attached hydrogen (secondary N) is 1. The smallest absolute Gasteiger partial charge is 0.115 e. The molecule has 0 bridgehead atoms. The van der Waals surface area contributed by atoms with Gasteiger partial charge in [-0.15, -0.1) is 0 Å². The highest BCUT2D eigenvalue weighted by Crippen LogP contribution is 2.47. The first-order chi connectivity index (χ1) is 9.01. The van der Waals surface area contributed by atoms with Crippen LogP contribution in [0.5, 0.6) is 5.75 Å². The standard InChI is InChI=1S/C16H25NO2/c1-5-16(4)14(10-15(16)19-6-2)17-13-8-7-12(18)9-11(13)3/h7-9,14-15,17-18H,5-6,10H2,1-4H3. The Morgan fingerprint density at radius 3 is 2.74 bits per heavy atom. The number of hydrogen-bond donors (Lipinski definition) is 2. The van der Waals surface area contributed by atoms with E-state index >= 15 is 0 Å². The van der Waals surface area contributed by atoms with Crippen molar-refractivity contribution in [3.63, 3.8) is 0 Å². The van der Waals surface area contributed by atoms with Crippen LogP contribution >= 0.6 is 0 Å². The van der Waals surface area contributed by atoms with Crippen molar-refractivity contribution in [2.24, 2.45) is 5.41 Å². The predicted octanol–water partition coefficient (Wildman–Crippen LogP) is 3.71. The van der Waals surface area contributed by atoms with Gasteiger partial charge in [0.25, 0.3) is 0 Å². The van der Waals surface area contributed by atoms with Crippen LogP contribution in [0.4, 0.5) is 5.69 Å². The molecule has 3 heteroatoms. The normalized spacial score (nSPS) is 29.9. The number of rotatable bonds is 5. The van der Waals surface area contributed by atoms with Crippen LogP contribution < -0.4 is 5.32 Å². The summed E-state index contributed by atoms with van der Waals surface area (Å²) in [7, 11) is 0. The van der Waals surface area contributed by atoms with Gasteiger partial charge in [0.15, 0.2) is 0 Å². The van der Waals surface area contributed by atoms with Crippen LogP contribution in [-0.4, -0.2) is 23.9 Å². The summed E-state index contributed by atoms with van der Waals surface area (Å²) in [6.45, 7) is 9.38. The van der Waals surface area contributed by atoms with E-state index in [0.29, 0.717) is 17.9 Å². The van der Waals surface area contributed by atoms with Crippen molar-refractivity contribution < 1.29 is 9.84 Å². The topological polar surface area (TPSA) is 41.5 Å². The summed E-state index contributed by atoms with van der Waals surface area (Å²) in [5.41, 5.74) is 2.39. The summed E-state index contributed by atoms with van der Waals surface area (Å²) in [6, 6.07) is 5.92. The number of benzene rings is 1. The molecule has 106 valence electrons. The first-order valence-corrected chi connectivity index (χ1v) is 7.19. The number of anilines is 1. The molecule has 0 radical (unpaired) electrons. The van der Waals surface area contributed by atoms with Crippen LogP contribution in [0.1, 0.15) is 39.2 Å². The Bertz CT molecular complexity index is 446. The summed E-state index contributed by atoms with van der Waals surface area (Å²) >= 11 is 0. The molecule has 19 heavy (non-hydrogen) atoms. The molecule has 3 nitrogen and oxygen atoms in total. The van der Waals surface area contributed by atoms with Crippen LogP contribution in [0, 0.1) is 12.3 Å². The van der Waals surface area contributed by atoms with Crippen molar-refractivity contribution in [1.29, 1.82) is 0 Å². The largest absolute Gasteiger partial charge is 0.508 e. The molecule has 0 aromatic heterocycles. The Balaban J connectivity index is 2.08. The maximum absolute atomic E-state index is 9.46. The lowest BCUT2D eigenvalue weighted by molar-refractivity contribution is -0.109. The number of hydrogen-bond acceptors (Lipinski definition) is 3. The average molecular weight is 263 g/mol.